The molecule has 1 saturated heterocycles. The van der Waals surface area contributed by atoms with Gasteiger partial charge in [0.1, 0.15) is 0 Å². The highest BCUT2D eigenvalue weighted by Crippen LogP contribution is 2.09. The normalized spacial score (nSPS) is 19.5. The van der Waals surface area contributed by atoms with E-state index in [9.17, 15) is 0 Å². The van der Waals surface area contributed by atoms with Crippen LogP contribution in [0, 0.1) is 0 Å². The lowest BCUT2D eigenvalue weighted by Gasteiger charge is -2.36. The molecule has 2 heterocycles. The Hall–Kier alpha value is -1.14. The molecule has 0 aromatic carbocycles. The number of rotatable bonds is 6. The van der Waals surface area contributed by atoms with Gasteiger partial charge in [0.2, 0.25) is 5.89 Å². The molecule has 6 nitrogen and oxygen atoms in total. The molecule has 0 amide bonds. The first-order valence-electron chi connectivity index (χ1n) is 7.18. The van der Waals surface area contributed by atoms with E-state index in [1.165, 1.54) is 26.2 Å². The van der Waals surface area contributed by atoms with Crippen molar-refractivity contribution in [3.63, 3.8) is 0 Å². The van der Waals surface area contributed by atoms with Gasteiger partial charge in [-0.2, -0.15) is 4.98 Å². The third kappa shape index (κ3) is 4.18. The van der Waals surface area contributed by atoms with Crippen LogP contribution in [0.15, 0.2) is 4.52 Å². The van der Waals surface area contributed by atoms with Crippen LogP contribution in [0.1, 0.15) is 26.2 Å². The maximum absolute atomic E-state index is 5.06. The number of nitrogens with one attached hydrogen (secondary N) is 1. The molecule has 6 heteroatoms. The van der Waals surface area contributed by atoms with Crippen molar-refractivity contribution in [2.75, 3.05) is 45.1 Å². The van der Waals surface area contributed by atoms with Gasteiger partial charge < -0.3 is 14.7 Å². The smallest absolute Gasteiger partial charge is 0.263 e. The number of likely N-dealkylation sites (N-methyl/N-ethyl adjacent to an activating group) is 1. The maximum Gasteiger partial charge on any atom is 0.263 e. The van der Waals surface area contributed by atoms with E-state index >= 15 is 0 Å². The fraction of sp³-hybridized carbons (Fsp3) is 0.846. The number of aryl methyl sites for hydroxylation is 1. The van der Waals surface area contributed by atoms with E-state index in [0.29, 0.717) is 17.9 Å². The van der Waals surface area contributed by atoms with Crippen LogP contribution in [0.4, 0.5) is 5.95 Å². The molecule has 1 atom stereocenters. The molecule has 0 spiro atoms. The Labute approximate surface area is 115 Å². The van der Waals surface area contributed by atoms with Crippen LogP contribution in [0.5, 0.6) is 0 Å². The summed E-state index contributed by atoms with van der Waals surface area (Å²) in [5.74, 6) is 1.30. The third-order valence-electron chi connectivity index (χ3n) is 3.78. The van der Waals surface area contributed by atoms with Gasteiger partial charge in [0.15, 0.2) is 0 Å². The summed E-state index contributed by atoms with van der Waals surface area (Å²) >= 11 is 0. The summed E-state index contributed by atoms with van der Waals surface area (Å²) in [5, 5.41) is 7.11. The first kappa shape index (κ1) is 14.3. The van der Waals surface area contributed by atoms with E-state index < -0.39 is 0 Å². The quantitative estimate of drug-likeness (QED) is 0.832. The number of anilines is 1. The van der Waals surface area contributed by atoms with Gasteiger partial charge in [0.05, 0.1) is 0 Å². The molecule has 1 aromatic rings. The van der Waals surface area contributed by atoms with Gasteiger partial charge in [-0.3, -0.25) is 4.90 Å². The molecule has 1 aromatic heterocycles. The number of hydrogen-bond acceptors (Lipinski definition) is 6. The lowest BCUT2D eigenvalue weighted by atomic mass is 10.1. The Morgan fingerprint density at radius 3 is 2.68 bits per heavy atom. The Kier molecular flexibility index (Phi) is 5.15. The van der Waals surface area contributed by atoms with Gasteiger partial charge in [-0.15, -0.1) is 0 Å². The van der Waals surface area contributed by atoms with Gasteiger partial charge in [0.25, 0.3) is 5.95 Å². The summed E-state index contributed by atoms with van der Waals surface area (Å²) in [7, 11) is 2.19. The minimum Gasteiger partial charge on any atom is -0.352 e. The number of nitrogens with zero attached hydrogens (tertiary/aromatic N) is 4. The van der Waals surface area contributed by atoms with Crippen molar-refractivity contribution in [1.82, 2.24) is 19.9 Å². The summed E-state index contributed by atoms with van der Waals surface area (Å²) in [5.41, 5.74) is 0. The summed E-state index contributed by atoms with van der Waals surface area (Å²) in [6.45, 7) is 9.86. The summed E-state index contributed by atoms with van der Waals surface area (Å²) < 4.78 is 5.06. The molecule has 0 radical (unpaired) electrons. The predicted octanol–water partition coefficient (Wildman–Crippen LogP) is 1.07. The van der Waals surface area contributed by atoms with E-state index in [2.05, 4.69) is 39.2 Å². The molecule has 1 aliphatic rings. The fourth-order valence-electron chi connectivity index (χ4n) is 2.31. The second-order valence-electron chi connectivity index (χ2n) is 5.27. The van der Waals surface area contributed by atoms with E-state index in [1.807, 2.05) is 6.92 Å². The highest BCUT2D eigenvalue weighted by Gasteiger charge is 2.18. The van der Waals surface area contributed by atoms with Crippen LogP contribution in [-0.2, 0) is 6.42 Å². The van der Waals surface area contributed by atoms with Crippen LogP contribution in [0.2, 0.25) is 0 Å². The molecule has 0 aliphatic carbocycles. The van der Waals surface area contributed by atoms with E-state index in [4.69, 9.17) is 4.52 Å². The van der Waals surface area contributed by atoms with Gasteiger partial charge >= 0.3 is 0 Å². The van der Waals surface area contributed by atoms with Gasteiger partial charge in [0, 0.05) is 45.2 Å². The second kappa shape index (κ2) is 6.86. The summed E-state index contributed by atoms with van der Waals surface area (Å²) in [6, 6.07) is 0.596. The van der Waals surface area contributed by atoms with Crippen LogP contribution < -0.4 is 5.32 Å². The van der Waals surface area contributed by atoms with Crippen molar-refractivity contribution in [2.45, 2.75) is 32.7 Å². The van der Waals surface area contributed by atoms with Gasteiger partial charge in [-0.05, 0) is 25.5 Å². The zero-order chi connectivity index (χ0) is 13.7. The topological polar surface area (TPSA) is 57.4 Å². The lowest BCUT2D eigenvalue weighted by molar-refractivity contribution is 0.116. The maximum atomic E-state index is 5.06. The molecular weight excluding hydrogens is 242 g/mol. The first-order valence-corrected chi connectivity index (χ1v) is 7.18. The molecular formula is C13H25N5O. The number of hydrogen-bond donors (Lipinski definition) is 1. The Morgan fingerprint density at radius 1 is 1.32 bits per heavy atom. The average Bonchev–Trinajstić information content (AvgIpc) is 2.87. The van der Waals surface area contributed by atoms with Crippen LogP contribution in [0.3, 0.4) is 0 Å². The van der Waals surface area contributed by atoms with Gasteiger partial charge in [-0.25, -0.2) is 0 Å². The summed E-state index contributed by atoms with van der Waals surface area (Å²) in [4.78, 5) is 9.17. The monoisotopic (exact) mass is 267 g/mol. The molecule has 0 bridgehead atoms. The third-order valence-corrected chi connectivity index (χ3v) is 3.78. The lowest BCUT2D eigenvalue weighted by Crippen LogP contribution is -2.48. The molecule has 0 unspecified atom stereocenters. The zero-order valence-electron chi connectivity index (χ0n) is 12.2. The fourth-order valence-corrected chi connectivity index (χ4v) is 2.31. The van der Waals surface area contributed by atoms with Crippen LogP contribution in [0.25, 0.3) is 0 Å². The summed E-state index contributed by atoms with van der Waals surface area (Å²) in [6.07, 6.45) is 1.88. The average molecular weight is 267 g/mol. The molecule has 19 heavy (non-hydrogen) atoms. The van der Waals surface area contributed by atoms with E-state index in [0.717, 1.165) is 19.4 Å². The van der Waals surface area contributed by atoms with Crippen molar-refractivity contribution < 1.29 is 4.52 Å². The van der Waals surface area contributed by atoms with Crippen molar-refractivity contribution in [1.29, 1.82) is 0 Å². The Morgan fingerprint density at radius 2 is 2.05 bits per heavy atom. The minimum absolute atomic E-state index is 0.596. The van der Waals surface area contributed by atoms with Crippen molar-refractivity contribution in [2.24, 2.45) is 0 Å². The van der Waals surface area contributed by atoms with Crippen LogP contribution in [-0.4, -0.2) is 65.8 Å². The second-order valence-corrected chi connectivity index (χ2v) is 5.27. The minimum atomic E-state index is 0.596. The predicted molar refractivity (Wildman–Crippen MR) is 75.3 cm³/mol. The molecule has 0 saturated carbocycles. The molecule has 1 fully saturated rings. The molecule has 1 aliphatic heterocycles. The standard InChI is InChI=1S/C13H25N5O/c1-4-12-15-13(16-19-12)14-6-5-11(2)18-9-7-17(3)8-10-18/h11H,4-10H2,1-3H3,(H,14,16)/t11-/m1/s1. The van der Waals surface area contributed by atoms with E-state index in [1.54, 1.807) is 0 Å². The zero-order valence-corrected chi connectivity index (χ0v) is 12.2. The molecule has 108 valence electrons. The highest BCUT2D eigenvalue weighted by molar-refractivity contribution is 5.20. The van der Waals surface area contributed by atoms with Crippen molar-refractivity contribution in [3.05, 3.63) is 5.89 Å². The van der Waals surface area contributed by atoms with E-state index in [-0.39, 0.29) is 0 Å². The first-order chi connectivity index (χ1) is 9.19. The molecule has 1 N–H and O–H groups in total. The number of aromatic nitrogens is 2. The van der Waals surface area contributed by atoms with Crippen molar-refractivity contribution >= 4 is 5.95 Å². The Balaban J connectivity index is 1.67. The molecule has 2 rings (SSSR count). The van der Waals surface area contributed by atoms with Crippen LogP contribution >= 0.6 is 0 Å². The number of piperazine rings is 1. The van der Waals surface area contributed by atoms with Crippen molar-refractivity contribution in [3.8, 4) is 0 Å². The largest absolute Gasteiger partial charge is 0.352 e. The highest BCUT2D eigenvalue weighted by atomic mass is 16.5. The SMILES string of the molecule is CCc1nc(NCC[C@@H](C)N2CCN(C)CC2)no1. The Bertz CT molecular complexity index is 373. The van der Waals surface area contributed by atoms with Gasteiger partial charge in [-0.1, -0.05) is 6.92 Å².